The van der Waals surface area contributed by atoms with E-state index in [4.69, 9.17) is 0 Å². The summed E-state index contributed by atoms with van der Waals surface area (Å²) in [7, 11) is 0. The molecule has 1 spiro atoms. The first-order valence-electron chi connectivity index (χ1n) is 10.7. The maximum Gasteiger partial charge on any atom is 0.223 e. The van der Waals surface area contributed by atoms with Crippen LogP contribution in [-0.4, -0.2) is 52.1 Å². The van der Waals surface area contributed by atoms with Gasteiger partial charge in [-0.25, -0.2) is 8.78 Å². The van der Waals surface area contributed by atoms with E-state index < -0.39 is 11.6 Å². The number of aliphatic hydroxyl groups excluding tert-OH is 1. The van der Waals surface area contributed by atoms with E-state index in [1.165, 1.54) is 6.07 Å². The Kier molecular flexibility index (Phi) is 4.86. The van der Waals surface area contributed by atoms with Crippen LogP contribution in [0.25, 0.3) is 0 Å². The first-order valence-corrected chi connectivity index (χ1v) is 10.7. The normalized spacial score (nSPS) is 25.1. The van der Waals surface area contributed by atoms with Crippen LogP contribution in [0.1, 0.15) is 36.3 Å². The lowest BCUT2D eigenvalue weighted by Crippen LogP contribution is -2.85. The van der Waals surface area contributed by atoms with Gasteiger partial charge in [0.2, 0.25) is 5.91 Å². The molecule has 6 heteroatoms. The predicted octanol–water partition coefficient (Wildman–Crippen LogP) is 3.31. The summed E-state index contributed by atoms with van der Waals surface area (Å²) in [6, 6.07) is 13.3. The van der Waals surface area contributed by atoms with Gasteiger partial charge in [0.1, 0.15) is 11.6 Å². The molecule has 30 heavy (non-hydrogen) atoms. The van der Waals surface area contributed by atoms with Crippen LogP contribution >= 0.6 is 0 Å². The second kappa shape index (κ2) is 7.43. The molecular weight excluding hydrogens is 386 g/mol. The Balaban J connectivity index is 1.39. The van der Waals surface area contributed by atoms with Gasteiger partial charge in [-0.2, -0.15) is 0 Å². The van der Waals surface area contributed by atoms with Gasteiger partial charge in [0.15, 0.2) is 0 Å². The highest BCUT2D eigenvalue weighted by atomic mass is 19.1. The number of likely N-dealkylation sites (tertiary alicyclic amines) is 2. The minimum Gasteiger partial charge on any atom is -0.394 e. The number of amides is 1. The quantitative estimate of drug-likeness (QED) is 0.792. The van der Waals surface area contributed by atoms with Crippen molar-refractivity contribution in [2.24, 2.45) is 5.92 Å². The standard InChI is InChI=1S/C24H26F2N2O2/c25-19-8-9-20(26)18(11-19)12-27-14-24(15-27)23(17-4-2-1-3-5-17)21(13-29)28(24)22(30)10-16-6-7-16/h1-5,8-9,11,16,21,23,29H,6-7,10,12-15H2/t21-,23-/m1/s1. The zero-order valence-corrected chi connectivity index (χ0v) is 16.8. The van der Waals surface area contributed by atoms with E-state index in [0.717, 1.165) is 30.5 Å². The molecule has 3 fully saturated rings. The number of halogens is 2. The number of benzene rings is 2. The van der Waals surface area contributed by atoms with E-state index in [1.807, 2.05) is 35.2 Å². The fourth-order valence-corrected chi connectivity index (χ4v) is 5.48. The Morgan fingerprint density at radius 1 is 1.10 bits per heavy atom. The van der Waals surface area contributed by atoms with Crippen molar-refractivity contribution in [3.05, 3.63) is 71.3 Å². The van der Waals surface area contributed by atoms with E-state index in [1.54, 1.807) is 0 Å². The number of nitrogens with zero attached hydrogens (tertiary/aromatic N) is 2. The number of aliphatic hydroxyl groups is 1. The lowest BCUT2D eigenvalue weighted by atomic mass is 9.60. The fraction of sp³-hybridized carbons (Fsp3) is 0.458. The van der Waals surface area contributed by atoms with Gasteiger partial charge in [-0.1, -0.05) is 30.3 Å². The van der Waals surface area contributed by atoms with Gasteiger partial charge < -0.3 is 10.0 Å². The molecule has 5 rings (SSSR count). The van der Waals surface area contributed by atoms with Gasteiger partial charge >= 0.3 is 0 Å². The number of rotatable bonds is 6. The highest BCUT2D eigenvalue weighted by molar-refractivity contribution is 5.80. The second-order valence-electron chi connectivity index (χ2n) is 9.03. The maximum atomic E-state index is 14.1. The molecule has 3 aliphatic rings. The number of carbonyl (C=O) groups is 1. The Morgan fingerprint density at radius 3 is 2.50 bits per heavy atom. The van der Waals surface area contributed by atoms with Crippen LogP contribution in [0, 0.1) is 17.6 Å². The SMILES string of the molecule is O=C(CC1CC1)N1[C@H](CO)[C@@H](c2ccccc2)C12CN(Cc1cc(F)ccc1F)C2. The largest absolute Gasteiger partial charge is 0.394 e. The summed E-state index contributed by atoms with van der Waals surface area (Å²) < 4.78 is 27.7. The third kappa shape index (κ3) is 3.22. The first kappa shape index (κ1) is 19.6. The molecule has 0 bridgehead atoms. The van der Waals surface area contributed by atoms with Gasteiger partial charge in [0, 0.05) is 37.5 Å². The van der Waals surface area contributed by atoms with Crippen LogP contribution in [-0.2, 0) is 11.3 Å². The smallest absolute Gasteiger partial charge is 0.223 e. The molecule has 0 aromatic heterocycles. The minimum absolute atomic E-state index is 0.0421. The molecule has 2 atom stereocenters. The van der Waals surface area contributed by atoms with Gasteiger partial charge in [-0.15, -0.1) is 0 Å². The van der Waals surface area contributed by atoms with Crippen molar-refractivity contribution >= 4 is 5.91 Å². The minimum atomic E-state index is -0.450. The Morgan fingerprint density at radius 2 is 1.83 bits per heavy atom. The molecule has 1 aliphatic carbocycles. The summed E-state index contributed by atoms with van der Waals surface area (Å²) in [6.07, 6.45) is 2.74. The zero-order valence-electron chi connectivity index (χ0n) is 16.8. The van der Waals surface area contributed by atoms with Gasteiger partial charge in [-0.05, 0) is 42.5 Å². The summed E-state index contributed by atoms with van der Waals surface area (Å²) in [4.78, 5) is 17.0. The van der Waals surface area contributed by atoms with E-state index in [-0.39, 0.29) is 30.0 Å². The number of hydrogen-bond donors (Lipinski definition) is 1. The molecule has 1 saturated carbocycles. The third-order valence-electron chi connectivity index (χ3n) is 6.95. The van der Waals surface area contributed by atoms with Crippen LogP contribution in [0.2, 0.25) is 0 Å². The maximum absolute atomic E-state index is 14.1. The molecule has 2 saturated heterocycles. The lowest BCUT2D eigenvalue weighted by molar-refractivity contribution is -0.202. The van der Waals surface area contributed by atoms with Gasteiger partial charge in [-0.3, -0.25) is 9.69 Å². The monoisotopic (exact) mass is 412 g/mol. The molecule has 2 aromatic rings. The second-order valence-corrected chi connectivity index (χ2v) is 9.03. The lowest BCUT2D eigenvalue weighted by Gasteiger charge is -2.70. The Labute approximate surface area is 175 Å². The summed E-state index contributed by atoms with van der Waals surface area (Å²) in [5.74, 6) is -0.238. The summed E-state index contributed by atoms with van der Waals surface area (Å²) in [6.45, 7) is 1.42. The number of carbonyl (C=O) groups excluding carboxylic acids is 1. The predicted molar refractivity (Wildman–Crippen MR) is 109 cm³/mol. The average molecular weight is 412 g/mol. The third-order valence-corrected chi connectivity index (χ3v) is 6.95. The van der Waals surface area contributed by atoms with E-state index in [2.05, 4.69) is 4.90 Å². The van der Waals surface area contributed by atoms with Crippen molar-refractivity contribution in [2.45, 2.75) is 43.3 Å². The van der Waals surface area contributed by atoms with Gasteiger partial charge in [0.25, 0.3) is 0 Å². The van der Waals surface area contributed by atoms with Crippen LogP contribution in [0.5, 0.6) is 0 Å². The molecule has 158 valence electrons. The van der Waals surface area contributed by atoms with Crippen LogP contribution < -0.4 is 0 Å². The van der Waals surface area contributed by atoms with Crippen molar-refractivity contribution < 1.29 is 18.7 Å². The van der Waals surface area contributed by atoms with Crippen LogP contribution in [0.4, 0.5) is 8.78 Å². The average Bonchev–Trinajstić information content (AvgIpc) is 3.50. The summed E-state index contributed by atoms with van der Waals surface area (Å²) in [5, 5.41) is 10.1. The molecule has 0 radical (unpaired) electrons. The van der Waals surface area contributed by atoms with Crippen LogP contribution in [0.3, 0.4) is 0 Å². The molecular formula is C24H26F2N2O2. The van der Waals surface area contributed by atoms with Gasteiger partial charge in [0.05, 0.1) is 18.2 Å². The van der Waals surface area contributed by atoms with Crippen molar-refractivity contribution in [3.63, 3.8) is 0 Å². The van der Waals surface area contributed by atoms with E-state index in [9.17, 15) is 18.7 Å². The molecule has 2 aromatic carbocycles. The topological polar surface area (TPSA) is 43.8 Å². The fourth-order valence-electron chi connectivity index (χ4n) is 5.48. The molecule has 1 N–H and O–H groups in total. The highest BCUT2D eigenvalue weighted by Gasteiger charge is 2.67. The number of hydrogen-bond acceptors (Lipinski definition) is 3. The Bertz CT molecular complexity index is 941. The molecule has 0 unspecified atom stereocenters. The van der Waals surface area contributed by atoms with Crippen molar-refractivity contribution in [2.75, 3.05) is 19.7 Å². The van der Waals surface area contributed by atoms with Crippen molar-refractivity contribution in [1.82, 2.24) is 9.80 Å². The molecule has 2 heterocycles. The van der Waals surface area contributed by atoms with E-state index >= 15 is 0 Å². The highest BCUT2D eigenvalue weighted by Crippen LogP contribution is 2.54. The Hall–Kier alpha value is -2.31. The molecule has 4 nitrogen and oxygen atoms in total. The van der Waals surface area contributed by atoms with Crippen molar-refractivity contribution in [3.8, 4) is 0 Å². The zero-order chi connectivity index (χ0) is 20.9. The molecule has 1 amide bonds. The van der Waals surface area contributed by atoms with E-state index in [0.29, 0.717) is 37.5 Å². The summed E-state index contributed by atoms with van der Waals surface area (Å²) in [5.41, 5.74) is 1.06. The molecule has 2 aliphatic heterocycles. The van der Waals surface area contributed by atoms with Crippen LogP contribution in [0.15, 0.2) is 48.5 Å². The first-order chi connectivity index (χ1) is 14.5. The summed E-state index contributed by atoms with van der Waals surface area (Å²) >= 11 is 0. The van der Waals surface area contributed by atoms with Crippen molar-refractivity contribution in [1.29, 1.82) is 0 Å².